The number of primary amides is 1. The number of nitrogens with zero attached hydrogens (tertiary/aromatic N) is 3. The van der Waals surface area contributed by atoms with Gasteiger partial charge in [0.25, 0.3) is 0 Å². The molecule has 7 nitrogen and oxygen atoms in total. The number of carbonyl (C=O) groups excluding carboxylic acids is 1. The standard InChI is InChI=1S/C20H24N4O.CH3NO/c1-14-4-5-16-18-11-22-8-6-17(18)20(23-19(16)10-14)24-12-15(13-24)25-9-3-2-7-21;2-1-3/h4-6,8,10-11,15H,2-3,7,9,12-13,21H2,1H3;1H,(H2,2,3). The first-order valence-electron chi connectivity index (χ1n) is 9.54. The van der Waals surface area contributed by atoms with Gasteiger partial charge in [-0.15, -0.1) is 0 Å². The van der Waals surface area contributed by atoms with Gasteiger partial charge in [0.2, 0.25) is 6.41 Å². The lowest BCUT2D eigenvalue weighted by Crippen LogP contribution is -2.52. The van der Waals surface area contributed by atoms with Crippen molar-refractivity contribution in [3.05, 3.63) is 42.2 Å². The number of benzene rings is 1. The molecule has 4 rings (SSSR count). The molecular formula is C21H27N5O2. The molecule has 3 aromatic rings. The number of rotatable bonds is 6. The fraction of sp³-hybridized carbons (Fsp3) is 0.381. The molecule has 7 heteroatoms. The van der Waals surface area contributed by atoms with Crippen LogP contribution in [0.2, 0.25) is 0 Å². The van der Waals surface area contributed by atoms with Gasteiger partial charge in [-0.3, -0.25) is 9.78 Å². The molecule has 1 saturated heterocycles. The van der Waals surface area contributed by atoms with Crippen molar-refractivity contribution in [2.45, 2.75) is 25.9 Å². The summed E-state index contributed by atoms with van der Waals surface area (Å²) in [4.78, 5) is 20.2. The monoisotopic (exact) mass is 381 g/mol. The van der Waals surface area contributed by atoms with Crippen LogP contribution in [0.3, 0.4) is 0 Å². The SMILES string of the molecule is Cc1ccc2c(c1)nc(N1CC(OCCCCN)C1)c1ccncc12.NC=O. The van der Waals surface area contributed by atoms with Gasteiger partial charge >= 0.3 is 0 Å². The van der Waals surface area contributed by atoms with Gasteiger partial charge in [0.1, 0.15) is 5.82 Å². The van der Waals surface area contributed by atoms with Crippen molar-refractivity contribution in [2.24, 2.45) is 11.5 Å². The van der Waals surface area contributed by atoms with Crippen LogP contribution in [0.5, 0.6) is 0 Å². The van der Waals surface area contributed by atoms with E-state index in [1.807, 2.05) is 12.4 Å². The Morgan fingerprint density at radius 1 is 1.21 bits per heavy atom. The number of nitrogens with two attached hydrogens (primary N) is 2. The maximum Gasteiger partial charge on any atom is 0.204 e. The van der Waals surface area contributed by atoms with E-state index >= 15 is 0 Å². The number of anilines is 1. The van der Waals surface area contributed by atoms with Crippen LogP contribution in [-0.4, -0.2) is 48.7 Å². The summed E-state index contributed by atoms with van der Waals surface area (Å²) in [6, 6.07) is 8.48. The number of hydrogen-bond donors (Lipinski definition) is 2. The zero-order chi connectivity index (χ0) is 19.9. The number of aryl methyl sites for hydroxylation is 1. The second-order valence-corrected chi connectivity index (χ2v) is 6.91. The van der Waals surface area contributed by atoms with Crippen LogP contribution < -0.4 is 16.4 Å². The van der Waals surface area contributed by atoms with Crippen LogP contribution in [0.1, 0.15) is 18.4 Å². The normalized spacial score (nSPS) is 13.9. The van der Waals surface area contributed by atoms with Gasteiger partial charge in [-0.2, -0.15) is 0 Å². The first kappa shape index (κ1) is 20.0. The summed E-state index contributed by atoms with van der Waals surface area (Å²) in [6.07, 6.45) is 6.39. The molecule has 0 radical (unpaired) electrons. The lowest BCUT2D eigenvalue weighted by atomic mass is 10.0. The fourth-order valence-corrected chi connectivity index (χ4v) is 3.39. The first-order chi connectivity index (χ1) is 13.7. The molecular weight excluding hydrogens is 354 g/mol. The lowest BCUT2D eigenvalue weighted by molar-refractivity contribution is -0.106. The van der Waals surface area contributed by atoms with Crippen molar-refractivity contribution in [1.29, 1.82) is 0 Å². The van der Waals surface area contributed by atoms with Gasteiger partial charge in [-0.25, -0.2) is 4.98 Å². The average molecular weight is 381 g/mol. The Balaban J connectivity index is 0.000000706. The maximum atomic E-state index is 8.58. The van der Waals surface area contributed by atoms with Crippen LogP contribution in [0.4, 0.5) is 5.82 Å². The zero-order valence-corrected chi connectivity index (χ0v) is 16.2. The Bertz CT molecular complexity index is 941. The second kappa shape index (κ2) is 9.43. The summed E-state index contributed by atoms with van der Waals surface area (Å²) in [5.41, 5.74) is 11.9. The molecule has 148 valence electrons. The molecule has 0 unspecified atom stereocenters. The molecule has 1 aliphatic rings. The molecule has 1 amide bonds. The average Bonchev–Trinajstić information content (AvgIpc) is 2.66. The van der Waals surface area contributed by atoms with Crippen LogP contribution in [-0.2, 0) is 9.53 Å². The number of amides is 1. The summed E-state index contributed by atoms with van der Waals surface area (Å²) < 4.78 is 5.91. The molecule has 0 spiro atoms. The lowest BCUT2D eigenvalue weighted by Gasteiger charge is -2.40. The van der Waals surface area contributed by atoms with E-state index in [-0.39, 0.29) is 6.41 Å². The van der Waals surface area contributed by atoms with Crippen LogP contribution in [0.15, 0.2) is 36.7 Å². The van der Waals surface area contributed by atoms with Crippen LogP contribution in [0.25, 0.3) is 21.7 Å². The highest BCUT2D eigenvalue weighted by molar-refractivity contribution is 6.10. The summed E-state index contributed by atoms with van der Waals surface area (Å²) in [7, 11) is 0. The summed E-state index contributed by atoms with van der Waals surface area (Å²) in [5.74, 6) is 1.04. The predicted octanol–water partition coefficient (Wildman–Crippen LogP) is 2.14. The highest BCUT2D eigenvalue weighted by Crippen LogP contribution is 2.33. The van der Waals surface area contributed by atoms with Crippen molar-refractivity contribution >= 4 is 33.9 Å². The molecule has 2 aromatic heterocycles. The number of carbonyl (C=O) groups is 1. The molecule has 4 N–H and O–H groups in total. The van der Waals surface area contributed by atoms with Gasteiger partial charge in [-0.1, -0.05) is 12.1 Å². The summed E-state index contributed by atoms with van der Waals surface area (Å²) in [5, 5.41) is 3.48. The molecule has 1 aromatic carbocycles. The third kappa shape index (κ3) is 4.37. The van der Waals surface area contributed by atoms with E-state index < -0.39 is 0 Å². The minimum absolute atomic E-state index is 0.250. The molecule has 0 atom stereocenters. The highest BCUT2D eigenvalue weighted by Gasteiger charge is 2.29. The van der Waals surface area contributed by atoms with E-state index in [0.29, 0.717) is 6.10 Å². The van der Waals surface area contributed by atoms with Gasteiger partial charge in [0.15, 0.2) is 0 Å². The molecule has 3 heterocycles. The number of fused-ring (bicyclic) bond motifs is 3. The van der Waals surface area contributed by atoms with Gasteiger partial charge in [0, 0.05) is 48.2 Å². The zero-order valence-electron chi connectivity index (χ0n) is 16.2. The quantitative estimate of drug-likeness (QED) is 0.385. The van der Waals surface area contributed by atoms with E-state index in [1.165, 1.54) is 5.56 Å². The van der Waals surface area contributed by atoms with Gasteiger partial charge in [-0.05, 0) is 44.0 Å². The number of hydrogen-bond acceptors (Lipinski definition) is 6. The Hall–Kier alpha value is -2.77. The minimum atomic E-state index is 0.250. The molecule has 28 heavy (non-hydrogen) atoms. The van der Waals surface area contributed by atoms with E-state index in [4.69, 9.17) is 20.2 Å². The second-order valence-electron chi connectivity index (χ2n) is 6.91. The number of unbranched alkanes of at least 4 members (excludes halogenated alkanes) is 1. The third-order valence-electron chi connectivity index (χ3n) is 4.83. The fourth-order valence-electron chi connectivity index (χ4n) is 3.39. The summed E-state index contributed by atoms with van der Waals surface area (Å²) in [6.45, 7) is 5.42. The van der Waals surface area contributed by atoms with Crippen LogP contribution in [0, 0.1) is 6.92 Å². The number of pyridine rings is 2. The van der Waals surface area contributed by atoms with Crippen molar-refractivity contribution in [2.75, 3.05) is 31.1 Å². The largest absolute Gasteiger partial charge is 0.375 e. The number of aromatic nitrogens is 2. The summed E-state index contributed by atoms with van der Waals surface area (Å²) >= 11 is 0. The maximum absolute atomic E-state index is 8.58. The van der Waals surface area contributed by atoms with E-state index in [9.17, 15) is 0 Å². The molecule has 0 saturated carbocycles. The Morgan fingerprint density at radius 2 is 2.00 bits per heavy atom. The first-order valence-corrected chi connectivity index (χ1v) is 9.54. The third-order valence-corrected chi connectivity index (χ3v) is 4.83. The van der Waals surface area contributed by atoms with E-state index in [0.717, 1.165) is 66.6 Å². The van der Waals surface area contributed by atoms with E-state index in [1.54, 1.807) is 0 Å². The van der Waals surface area contributed by atoms with Crippen molar-refractivity contribution in [3.8, 4) is 0 Å². The predicted molar refractivity (Wildman–Crippen MR) is 112 cm³/mol. The van der Waals surface area contributed by atoms with Crippen molar-refractivity contribution in [3.63, 3.8) is 0 Å². The molecule has 0 aliphatic carbocycles. The van der Waals surface area contributed by atoms with Crippen molar-refractivity contribution < 1.29 is 9.53 Å². The van der Waals surface area contributed by atoms with Crippen molar-refractivity contribution in [1.82, 2.24) is 9.97 Å². The molecule has 0 bridgehead atoms. The van der Waals surface area contributed by atoms with Crippen LogP contribution >= 0.6 is 0 Å². The number of ether oxygens (including phenoxy) is 1. The minimum Gasteiger partial charge on any atom is -0.375 e. The Kier molecular flexibility index (Phi) is 6.73. The van der Waals surface area contributed by atoms with Gasteiger partial charge in [0.05, 0.1) is 11.6 Å². The molecule has 1 fully saturated rings. The Morgan fingerprint density at radius 3 is 2.75 bits per heavy atom. The van der Waals surface area contributed by atoms with E-state index in [2.05, 4.69) is 46.8 Å². The topological polar surface area (TPSA) is 107 Å². The smallest absolute Gasteiger partial charge is 0.204 e. The Labute approximate surface area is 164 Å². The van der Waals surface area contributed by atoms with Gasteiger partial charge < -0.3 is 21.1 Å². The molecule has 1 aliphatic heterocycles. The highest BCUT2D eigenvalue weighted by atomic mass is 16.5.